The van der Waals surface area contributed by atoms with Gasteiger partial charge in [-0.2, -0.15) is 11.8 Å². The Bertz CT molecular complexity index is 263. The second kappa shape index (κ2) is 7.34. The number of thioether (sulfide) groups is 1. The zero-order valence-corrected chi connectivity index (χ0v) is 9.89. The molecule has 84 valence electrons. The number of nitrogens with one attached hydrogen (secondary N) is 1. The topological polar surface area (TPSA) is 63.8 Å². The van der Waals surface area contributed by atoms with Gasteiger partial charge in [0.1, 0.15) is 0 Å². The van der Waals surface area contributed by atoms with Crippen LogP contribution >= 0.6 is 11.8 Å². The molecule has 3 N–H and O–H groups in total. The number of nitrogens with two attached hydrogens (primary N) is 1. The van der Waals surface area contributed by atoms with E-state index in [4.69, 9.17) is 5.73 Å². The zero-order valence-electron chi connectivity index (χ0n) is 9.07. The number of hydrogen-bond acceptors (Lipinski definition) is 5. The predicted molar refractivity (Wildman–Crippen MR) is 67.2 cm³/mol. The molecule has 0 unspecified atom stereocenters. The van der Waals surface area contributed by atoms with Crippen molar-refractivity contribution in [2.24, 2.45) is 0 Å². The Morgan fingerprint density at radius 2 is 2.00 bits per heavy atom. The third-order valence-corrected chi connectivity index (χ3v) is 2.68. The fourth-order valence-corrected chi connectivity index (χ4v) is 1.67. The first-order valence-corrected chi connectivity index (χ1v) is 6.52. The van der Waals surface area contributed by atoms with E-state index in [1.165, 1.54) is 18.6 Å². The molecule has 0 radical (unpaired) electrons. The molecule has 0 aromatic carbocycles. The van der Waals surface area contributed by atoms with Crippen LogP contribution in [0.2, 0.25) is 0 Å². The van der Waals surface area contributed by atoms with Gasteiger partial charge in [-0.1, -0.05) is 6.42 Å². The van der Waals surface area contributed by atoms with E-state index in [2.05, 4.69) is 21.5 Å². The molecule has 0 aliphatic rings. The molecule has 4 nitrogen and oxygen atoms in total. The first kappa shape index (κ1) is 12.1. The van der Waals surface area contributed by atoms with Crippen LogP contribution in [0.1, 0.15) is 19.3 Å². The number of nitrogens with zero attached hydrogens (tertiary/aromatic N) is 2. The second-order valence-electron chi connectivity index (χ2n) is 3.32. The van der Waals surface area contributed by atoms with Gasteiger partial charge < -0.3 is 11.1 Å². The van der Waals surface area contributed by atoms with E-state index >= 15 is 0 Å². The Morgan fingerprint density at radius 1 is 1.27 bits per heavy atom. The summed E-state index contributed by atoms with van der Waals surface area (Å²) in [7, 11) is 0. The molecule has 0 spiro atoms. The van der Waals surface area contributed by atoms with Crippen LogP contribution in [-0.4, -0.2) is 28.5 Å². The van der Waals surface area contributed by atoms with Crippen molar-refractivity contribution in [2.45, 2.75) is 19.3 Å². The SMILES string of the molecule is CSCCCCCNc1ncc(N)cn1. The van der Waals surface area contributed by atoms with Crippen molar-refractivity contribution in [3.05, 3.63) is 12.4 Å². The number of aromatic nitrogens is 2. The van der Waals surface area contributed by atoms with Crippen molar-refractivity contribution in [2.75, 3.05) is 29.6 Å². The molecule has 0 atom stereocenters. The highest BCUT2D eigenvalue weighted by atomic mass is 32.2. The number of rotatable bonds is 7. The lowest BCUT2D eigenvalue weighted by atomic mass is 10.2. The van der Waals surface area contributed by atoms with E-state index in [1.54, 1.807) is 12.4 Å². The molecule has 0 saturated carbocycles. The smallest absolute Gasteiger partial charge is 0.222 e. The molecule has 1 aromatic heterocycles. The highest BCUT2D eigenvalue weighted by Crippen LogP contribution is 2.04. The molecule has 1 aromatic rings. The minimum absolute atomic E-state index is 0.598. The summed E-state index contributed by atoms with van der Waals surface area (Å²) in [4.78, 5) is 8.12. The molecule has 0 aliphatic heterocycles. The summed E-state index contributed by atoms with van der Waals surface area (Å²) < 4.78 is 0. The summed E-state index contributed by atoms with van der Waals surface area (Å²) in [6, 6.07) is 0. The molecule has 0 amide bonds. The fourth-order valence-electron chi connectivity index (χ4n) is 1.18. The van der Waals surface area contributed by atoms with Crippen LogP contribution in [0.3, 0.4) is 0 Å². The Morgan fingerprint density at radius 3 is 2.67 bits per heavy atom. The quantitative estimate of drug-likeness (QED) is 0.696. The summed E-state index contributed by atoms with van der Waals surface area (Å²) in [6.07, 6.45) is 9.06. The van der Waals surface area contributed by atoms with E-state index in [1.807, 2.05) is 11.8 Å². The van der Waals surface area contributed by atoms with Crippen LogP contribution in [0.25, 0.3) is 0 Å². The molecule has 15 heavy (non-hydrogen) atoms. The standard InChI is InChI=1S/C10H18N4S/c1-15-6-4-2-3-5-12-10-13-7-9(11)8-14-10/h7-8H,2-6,11H2,1H3,(H,12,13,14). The molecular weight excluding hydrogens is 208 g/mol. The fraction of sp³-hybridized carbons (Fsp3) is 0.600. The van der Waals surface area contributed by atoms with Crippen LogP contribution in [0, 0.1) is 0 Å². The molecular formula is C10H18N4S. The van der Waals surface area contributed by atoms with Crippen molar-refractivity contribution in [3.8, 4) is 0 Å². The lowest BCUT2D eigenvalue weighted by molar-refractivity contribution is 0.746. The minimum atomic E-state index is 0.598. The molecule has 5 heteroatoms. The van der Waals surface area contributed by atoms with Crippen LogP contribution in [-0.2, 0) is 0 Å². The van der Waals surface area contributed by atoms with Gasteiger partial charge in [-0.25, -0.2) is 9.97 Å². The van der Waals surface area contributed by atoms with Crippen molar-refractivity contribution in [3.63, 3.8) is 0 Å². The third-order valence-electron chi connectivity index (χ3n) is 1.98. The third kappa shape index (κ3) is 5.47. The van der Waals surface area contributed by atoms with Gasteiger partial charge in [-0.05, 0) is 24.9 Å². The van der Waals surface area contributed by atoms with Crippen molar-refractivity contribution < 1.29 is 0 Å². The molecule has 0 fully saturated rings. The van der Waals surface area contributed by atoms with Gasteiger partial charge in [0, 0.05) is 6.54 Å². The average molecular weight is 226 g/mol. The van der Waals surface area contributed by atoms with E-state index < -0.39 is 0 Å². The van der Waals surface area contributed by atoms with Gasteiger partial charge in [-0.3, -0.25) is 0 Å². The van der Waals surface area contributed by atoms with Crippen LogP contribution in [0.5, 0.6) is 0 Å². The lowest BCUT2D eigenvalue weighted by Gasteiger charge is -2.03. The van der Waals surface area contributed by atoms with Gasteiger partial charge >= 0.3 is 0 Å². The van der Waals surface area contributed by atoms with Gasteiger partial charge in [0.05, 0.1) is 18.1 Å². The first-order chi connectivity index (χ1) is 7.33. The maximum Gasteiger partial charge on any atom is 0.222 e. The van der Waals surface area contributed by atoms with E-state index in [0.717, 1.165) is 13.0 Å². The van der Waals surface area contributed by atoms with Gasteiger partial charge in [0.2, 0.25) is 5.95 Å². The number of nitrogen functional groups attached to an aromatic ring is 1. The predicted octanol–water partition coefficient (Wildman–Crippen LogP) is 2.00. The Hall–Kier alpha value is -0.970. The zero-order chi connectivity index (χ0) is 10.9. The Kier molecular flexibility index (Phi) is 5.92. The van der Waals surface area contributed by atoms with E-state index in [0.29, 0.717) is 11.6 Å². The summed E-state index contributed by atoms with van der Waals surface area (Å²) >= 11 is 1.90. The number of hydrogen-bond donors (Lipinski definition) is 2. The number of anilines is 2. The summed E-state index contributed by atoms with van der Waals surface area (Å²) in [5.74, 6) is 1.91. The highest BCUT2D eigenvalue weighted by Gasteiger charge is 1.94. The number of unbranched alkanes of at least 4 members (excludes halogenated alkanes) is 2. The van der Waals surface area contributed by atoms with Gasteiger partial charge in [-0.15, -0.1) is 0 Å². The maximum atomic E-state index is 5.48. The molecule has 0 aliphatic carbocycles. The molecule has 0 saturated heterocycles. The normalized spacial score (nSPS) is 10.2. The van der Waals surface area contributed by atoms with Crippen molar-refractivity contribution in [1.82, 2.24) is 9.97 Å². The summed E-state index contributed by atoms with van der Waals surface area (Å²) in [5.41, 5.74) is 6.08. The lowest BCUT2D eigenvalue weighted by Crippen LogP contribution is -2.05. The monoisotopic (exact) mass is 226 g/mol. The summed E-state index contributed by atoms with van der Waals surface area (Å²) in [6.45, 7) is 0.929. The minimum Gasteiger partial charge on any atom is -0.396 e. The average Bonchev–Trinajstić information content (AvgIpc) is 2.26. The van der Waals surface area contributed by atoms with E-state index in [9.17, 15) is 0 Å². The van der Waals surface area contributed by atoms with Gasteiger partial charge in [0.15, 0.2) is 0 Å². The maximum absolute atomic E-state index is 5.48. The van der Waals surface area contributed by atoms with Crippen LogP contribution < -0.4 is 11.1 Å². The van der Waals surface area contributed by atoms with Crippen LogP contribution in [0.4, 0.5) is 11.6 Å². The Balaban J connectivity index is 2.07. The highest BCUT2D eigenvalue weighted by molar-refractivity contribution is 7.98. The second-order valence-corrected chi connectivity index (χ2v) is 4.31. The molecule has 1 heterocycles. The van der Waals surface area contributed by atoms with Crippen molar-refractivity contribution in [1.29, 1.82) is 0 Å². The molecule has 1 rings (SSSR count). The largest absolute Gasteiger partial charge is 0.396 e. The first-order valence-electron chi connectivity index (χ1n) is 5.13. The molecule has 0 bridgehead atoms. The van der Waals surface area contributed by atoms with Gasteiger partial charge in [0.25, 0.3) is 0 Å². The van der Waals surface area contributed by atoms with Crippen LogP contribution in [0.15, 0.2) is 12.4 Å². The summed E-state index contributed by atoms with van der Waals surface area (Å²) in [5, 5.41) is 3.16. The van der Waals surface area contributed by atoms with E-state index in [-0.39, 0.29) is 0 Å². The van der Waals surface area contributed by atoms with Crippen molar-refractivity contribution >= 4 is 23.4 Å². The Labute approximate surface area is 95.1 Å².